The molecule has 20 heavy (non-hydrogen) atoms. The molecular weight excluding hydrogens is 252 g/mol. The number of carbonyl (C=O) groups is 1. The van der Waals surface area contributed by atoms with Crippen molar-refractivity contribution in [3.63, 3.8) is 0 Å². The molecule has 3 nitrogen and oxygen atoms in total. The zero-order chi connectivity index (χ0) is 13.9. The molecule has 0 N–H and O–H groups in total. The van der Waals surface area contributed by atoms with Crippen LogP contribution in [0.5, 0.6) is 5.75 Å². The van der Waals surface area contributed by atoms with Gasteiger partial charge in [-0.15, -0.1) is 0 Å². The lowest BCUT2D eigenvalue weighted by Gasteiger charge is -2.32. The lowest BCUT2D eigenvalue weighted by molar-refractivity contribution is -0.0175. The molecule has 2 aromatic carbocycles. The van der Waals surface area contributed by atoms with E-state index in [1.54, 1.807) is 6.07 Å². The van der Waals surface area contributed by atoms with E-state index in [0.717, 1.165) is 5.56 Å². The Bertz CT molecular complexity index is 607. The van der Waals surface area contributed by atoms with Crippen LogP contribution < -0.4 is 4.74 Å². The van der Waals surface area contributed by atoms with Gasteiger partial charge in [0.05, 0.1) is 5.56 Å². The molecule has 1 aliphatic heterocycles. The van der Waals surface area contributed by atoms with E-state index < -0.39 is 12.2 Å². The minimum atomic E-state index is -0.586. The number of Topliss-reactive ketones (excluding diaryl/α,β-unsaturated/α-hetero) is 1. The first kappa shape index (κ1) is 12.9. The molecule has 2 aromatic rings. The summed E-state index contributed by atoms with van der Waals surface area (Å²) >= 11 is 0. The standard InChI is InChI=1S/C17H16O3/c1-2-19-17-15(18)13-10-6-7-11-14(13)20-16(17)12-8-4-3-5-9-12/h3-11,16-17H,2H2,1H3. The highest BCUT2D eigenvalue weighted by Gasteiger charge is 2.38. The molecule has 0 saturated carbocycles. The molecule has 2 atom stereocenters. The minimum absolute atomic E-state index is 0.0115. The number of ketones is 1. The summed E-state index contributed by atoms with van der Waals surface area (Å²) < 4.78 is 11.7. The summed E-state index contributed by atoms with van der Waals surface area (Å²) in [6.07, 6.45) is -0.976. The molecule has 0 radical (unpaired) electrons. The van der Waals surface area contributed by atoms with Crippen molar-refractivity contribution in [2.45, 2.75) is 19.1 Å². The summed E-state index contributed by atoms with van der Waals surface area (Å²) in [6, 6.07) is 17.0. The minimum Gasteiger partial charge on any atom is -0.482 e. The Hall–Kier alpha value is -2.13. The molecule has 0 aromatic heterocycles. The van der Waals surface area contributed by atoms with E-state index in [4.69, 9.17) is 9.47 Å². The van der Waals surface area contributed by atoms with Crippen molar-refractivity contribution in [2.75, 3.05) is 6.61 Å². The van der Waals surface area contributed by atoms with Crippen molar-refractivity contribution < 1.29 is 14.3 Å². The molecule has 0 saturated heterocycles. The summed E-state index contributed by atoms with van der Waals surface area (Å²) in [7, 11) is 0. The molecule has 2 unspecified atom stereocenters. The molecule has 1 heterocycles. The number of hydrogen-bond donors (Lipinski definition) is 0. The van der Waals surface area contributed by atoms with Crippen LogP contribution >= 0.6 is 0 Å². The Balaban J connectivity index is 2.03. The van der Waals surface area contributed by atoms with E-state index in [-0.39, 0.29) is 5.78 Å². The van der Waals surface area contributed by atoms with Crippen LogP contribution in [-0.2, 0) is 4.74 Å². The Morgan fingerprint density at radius 3 is 2.50 bits per heavy atom. The van der Waals surface area contributed by atoms with Crippen molar-refractivity contribution in [2.24, 2.45) is 0 Å². The maximum Gasteiger partial charge on any atom is 0.199 e. The summed E-state index contributed by atoms with van der Waals surface area (Å²) in [5.41, 5.74) is 1.55. The quantitative estimate of drug-likeness (QED) is 0.855. The van der Waals surface area contributed by atoms with Crippen molar-refractivity contribution in [3.05, 3.63) is 65.7 Å². The fourth-order valence-corrected chi connectivity index (χ4v) is 2.49. The molecule has 1 aliphatic rings. The number of carbonyl (C=O) groups excluding carboxylic acids is 1. The van der Waals surface area contributed by atoms with Crippen molar-refractivity contribution in [3.8, 4) is 5.75 Å². The first-order valence-corrected chi connectivity index (χ1v) is 6.77. The Morgan fingerprint density at radius 1 is 1.05 bits per heavy atom. The van der Waals surface area contributed by atoms with Gasteiger partial charge in [-0.05, 0) is 24.6 Å². The number of ether oxygens (including phenoxy) is 2. The highest BCUT2D eigenvalue weighted by molar-refractivity contribution is 6.03. The van der Waals surface area contributed by atoms with Gasteiger partial charge in [-0.25, -0.2) is 0 Å². The third kappa shape index (κ3) is 2.21. The number of hydrogen-bond acceptors (Lipinski definition) is 3. The summed E-state index contributed by atoms with van der Waals surface area (Å²) in [4.78, 5) is 12.6. The smallest absolute Gasteiger partial charge is 0.199 e. The molecule has 0 aliphatic carbocycles. The van der Waals surface area contributed by atoms with Gasteiger partial charge in [-0.3, -0.25) is 4.79 Å². The van der Waals surface area contributed by atoms with Gasteiger partial charge in [0, 0.05) is 6.61 Å². The summed E-state index contributed by atoms with van der Waals surface area (Å²) in [6.45, 7) is 2.36. The van der Waals surface area contributed by atoms with Gasteiger partial charge in [0.1, 0.15) is 5.75 Å². The number of para-hydroxylation sites is 1. The fraction of sp³-hybridized carbons (Fsp3) is 0.235. The van der Waals surface area contributed by atoms with Crippen molar-refractivity contribution in [1.82, 2.24) is 0 Å². The van der Waals surface area contributed by atoms with E-state index in [9.17, 15) is 4.79 Å². The van der Waals surface area contributed by atoms with E-state index in [1.807, 2.05) is 55.5 Å². The summed E-state index contributed by atoms with van der Waals surface area (Å²) in [5, 5.41) is 0. The van der Waals surface area contributed by atoms with E-state index in [2.05, 4.69) is 0 Å². The van der Waals surface area contributed by atoms with Gasteiger partial charge in [0.2, 0.25) is 0 Å². The Morgan fingerprint density at radius 2 is 1.75 bits per heavy atom. The maximum atomic E-state index is 12.6. The lowest BCUT2D eigenvalue weighted by Crippen LogP contribution is -2.38. The maximum absolute atomic E-state index is 12.6. The van der Waals surface area contributed by atoms with Crippen LogP contribution in [0.1, 0.15) is 28.9 Å². The van der Waals surface area contributed by atoms with Crippen LogP contribution in [0, 0.1) is 0 Å². The molecule has 0 spiro atoms. The number of benzene rings is 2. The second-order valence-corrected chi connectivity index (χ2v) is 4.69. The van der Waals surface area contributed by atoms with Crippen molar-refractivity contribution in [1.29, 1.82) is 0 Å². The highest BCUT2D eigenvalue weighted by atomic mass is 16.5. The van der Waals surface area contributed by atoms with E-state index in [0.29, 0.717) is 17.9 Å². The fourth-order valence-electron chi connectivity index (χ4n) is 2.49. The molecule has 0 bridgehead atoms. The normalized spacial score (nSPS) is 21.1. The van der Waals surface area contributed by atoms with Crippen molar-refractivity contribution >= 4 is 5.78 Å². The molecule has 102 valence electrons. The molecule has 3 rings (SSSR count). The zero-order valence-electron chi connectivity index (χ0n) is 11.3. The van der Waals surface area contributed by atoms with Gasteiger partial charge in [-0.2, -0.15) is 0 Å². The second kappa shape index (κ2) is 5.47. The first-order chi connectivity index (χ1) is 9.81. The average molecular weight is 268 g/mol. The van der Waals surface area contributed by atoms with Gasteiger partial charge >= 0.3 is 0 Å². The third-order valence-corrected chi connectivity index (χ3v) is 3.41. The lowest BCUT2D eigenvalue weighted by atomic mass is 9.93. The van der Waals surface area contributed by atoms with Crippen LogP contribution in [0.4, 0.5) is 0 Å². The van der Waals surface area contributed by atoms with Gasteiger partial charge in [0.25, 0.3) is 0 Å². The van der Waals surface area contributed by atoms with Crippen LogP contribution in [-0.4, -0.2) is 18.5 Å². The average Bonchev–Trinajstić information content (AvgIpc) is 2.51. The molecule has 3 heteroatoms. The predicted octanol–water partition coefficient (Wildman–Crippen LogP) is 3.41. The highest BCUT2D eigenvalue weighted by Crippen LogP contribution is 2.36. The van der Waals surface area contributed by atoms with Gasteiger partial charge in [0.15, 0.2) is 18.0 Å². The molecule has 0 fully saturated rings. The van der Waals surface area contributed by atoms with E-state index >= 15 is 0 Å². The SMILES string of the molecule is CCOC1C(=O)c2ccccc2OC1c1ccccc1. The summed E-state index contributed by atoms with van der Waals surface area (Å²) in [5.74, 6) is 0.616. The van der Waals surface area contributed by atoms with Gasteiger partial charge < -0.3 is 9.47 Å². The first-order valence-electron chi connectivity index (χ1n) is 6.77. The predicted molar refractivity (Wildman–Crippen MR) is 76.0 cm³/mol. The monoisotopic (exact) mass is 268 g/mol. The topological polar surface area (TPSA) is 35.5 Å². The molecular formula is C17H16O3. The molecule has 0 amide bonds. The number of fused-ring (bicyclic) bond motifs is 1. The zero-order valence-corrected chi connectivity index (χ0v) is 11.3. The second-order valence-electron chi connectivity index (χ2n) is 4.69. The van der Waals surface area contributed by atoms with Crippen LogP contribution in [0.2, 0.25) is 0 Å². The van der Waals surface area contributed by atoms with Crippen LogP contribution in [0.15, 0.2) is 54.6 Å². The van der Waals surface area contributed by atoms with Crippen LogP contribution in [0.25, 0.3) is 0 Å². The van der Waals surface area contributed by atoms with Gasteiger partial charge in [-0.1, -0.05) is 42.5 Å². The number of rotatable bonds is 3. The largest absolute Gasteiger partial charge is 0.482 e. The Labute approximate surface area is 118 Å². The third-order valence-electron chi connectivity index (χ3n) is 3.41. The van der Waals surface area contributed by atoms with E-state index in [1.165, 1.54) is 0 Å². The Kier molecular flexibility index (Phi) is 3.52. The van der Waals surface area contributed by atoms with Crippen LogP contribution in [0.3, 0.4) is 0 Å².